The number of piperidine rings is 1. The van der Waals surface area contributed by atoms with E-state index in [1.807, 2.05) is 0 Å². The van der Waals surface area contributed by atoms with Crippen LogP contribution in [0.3, 0.4) is 0 Å². The number of carbonyl (C=O) groups is 1. The van der Waals surface area contributed by atoms with Gasteiger partial charge in [0.05, 0.1) is 0 Å². The SMILES string of the molecule is CCC(CC(N)=O)C1CCCNC1. The van der Waals surface area contributed by atoms with Crippen LogP contribution >= 0.6 is 0 Å². The summed E-state index contributed by atoms with van der Waals surface area (Å²) >= 11 is 0. The lowest BCUT2D eigenvalue weighted by molar-refractivity contribution is -0.119. The lowest BCUT2D eigenvalue weighted by Gasteiger charge is -2.29. The van der Waals surface area contributed by atoms with E-state index < -0.39 is 0 Å². The van der Waals surface area contributed by atoms with E-state index in [0.29, 0.717) is 18.3 Å². The fraction of sp³-hybridized carbons (Fsp3) is 0.900. The van der Waals surface area contributed by atoms with Crippen LogP contribution in [-0.4, -0.2) is 19.0 Å². The molecule has 0 radical (unpaired) electrons. The second-order valence-electron chi connectivity index (χ2n) is 3.95. The number of amides is 1. The van der Waals surface area contributed by atoms with Gasteiger partial charge in [0, 0.05) is 6.42 Å². The Balaban J connectivity index is 2.39. The van der Waals surface area contributed by atoms with Crippen molar-refractivity contribution in [3.63, 3.8) is 0 Å². The van der Waals surface area contributed by atoms with E-state index in [0.717, 1.165) is 19.5 Å². The number of nitrogens with one attached hydrogen (secondary N) is 1. The fourth-order valence-electron chi connectivity index (χ4n) is 2.18. The molecule has 0 aromatic rings. The van der Waals surface area contributed by atoms with Gasteiger partial charge in [0.2, 0.25) is 5.91 Å². The third-order valence-electron chi connectivity index (χ3n) is 2.99. The summed E-state index contributed by atoms with van der Waals surface area (Å²) in [5, 5.41) is 3.37. The maximum absolute atomic E-state index is 10.8. The highest BCUT2D eigenvalue weighted by Crippen LogP contribution is 2.25. The Bertz CT molecular complexity index is 164. The van der Waals surface area contributed by atoms with Gasteiger partial charge < -0.3 is 11.1 Å². The molecule has 3 N–H and O–H groups in total. The molecule has 0 spiro atoms. The number of rotatable bonds is 4. The molecule has 1 heterocycles. The zero-order valence-electron chi connectivity index (χ0n) is 8.38. The number of carbonyl (C=O) groups excluding carboxylic acids is 1. The molecule has 2 atom stereocenters. The maximum Gasteiger partial charge on any atom is 0.217 e. The Morgan fingerprint density at radius 2 is 2.46 bits per heavy atom. The molecule has 3 heteroatoms. The van der Waals surface area contributed by atoms with Gasteiger partial charge in [-0.05, 0) is 37.8 Å². The molecule has 0 saturated carbocycles. The van der Waals surface area contributed by atoms with Crippen LogP contribution in [0.2, 0.25) is 0 Å². The van der Waals surface area contributed by atoms with Gasteiger partial charge in [-0.3, -0.25) is 4.79 Å². The van der Waals surface area contributed by atoms with Crippen molar-refractivity contribution < 1.29 is 4.79 Å². The van der Waals surface area contributed by atoms with Crippen molar-refractivity contribution in [3.05, 3.63) is 0 Å². The average Bonchev–Trinajstić information content (AvgIpc) is 2.15. The summed E-state index contributed by atoms with van der Waals surface area (Å²) in [5.41, 5.74) is 5.22. The Kier molecular flexibility index (Phi) is 4.22. The van der Waals surface area contributed by atoms with E-state index in [9.17, 15) is 4.79 Å². The van der Waals surface area contributed by atoms with Crippen molar-refractivity contribution in [1.29, 1.82) is 0 Å². The van der Waals surface area contributed by atoms with E-state index in [1.54, 1.807) is 0 Å². The molecule has 1 aliphatic heterocycles. The highest BCUT2D eigenvalue weighted by molar-refractivity contribution is 5.74. The van der Waals surface area contributed by atoms with E-state index in [-0.39, 0.29) is 5.91 Å². The monoisotopic (exact) mass is 184 g/mol. The van der Waals surface area contributed by atoms with Gasteiger partial charge in [0.15, 0.2) is 0 Å². The van der Waals surface area contributed by atoms with E-state index in [1.165, 1.54) is 12.8 Å². The molecule has 1 rings (SSSR count). The predicted octanol–water partition coefficient (Wildman–Crippen LogP) is 0.888. The first-order chi connectivity index (χ1) is 6.24. The lowest BCUT2D eigenvalue weighted by Crippen LogP contribution is -2.35. The van der Waals surface area contributed by atoms with Crippen LogP contribution in [0.5, 0.6) is 0 Å². The molecule has 0 aliphatic carbocycles. The molecule has 0 aromatic carbocycles. The summed E-state index contributed by atoms with van der Waals surface area (Å²) in [6.07, 6.45) is 4.11. The highest BCUT2D eigenvalue weighted by atomic mass is 16.1. The Morgan fingerprint density at radius 1 is 1.69 bits per heavy atom. The molecule has 1 saturated heterocycles. The minimum atomic E-state index is -0.155. The molecular weight excluding hydrogens is 164 g/mol. The third kappa shape index (κ3) is 3.35. The van der Waals surface area contributed by atoms with Crippen molar-refractivity contribution in [1.82, 2.24) is 5.32 Å². The smallest absolute Gasteiger partial charge is 0.217 e. The van der Waals surface area contributed by atoms with Gasteiger partial charge in [-0.1, -0.05) is 13.3 Å². The predicted molar refractivity (Wildman–Crippen MR) is 53.2 cm³/mol. The topological polar surface area (TPSA) is 55.1 Å². The van der Waals surface area contributed by atoms with E-state index in [4.69, 9.17) is 5.73 Å². The van der Waals surface area contributed by atoms with Crippen LogP contribution in [0.4, 0.5) is 0 Å². The number of hydrogen-bond donors (Lipinski definition) is 2. The first-order valence-corrected chi connectivity index (χ1v) is 5.23. The molecule has 1 fully saturated rings. The number of hydrogen-bond acceptors (Lipinski definition) is 2. The summed E-state index contributed by atoms with van der Waals surface area (Å²) in [6.45, 7) is 4.33. The van der Waals surface area contributed by atoms with Crippen LogP contribution in [0.15, 0.2) is 0 Å². The van der Waals surface area contributed by atoms with Gasteiger partial charge in [0.25, 0.3) is 0 Å². The van der Waals surface area contributed by atoms with Crippen molar-refractivity contribution >= 4 is 5.91 Å². The van der Waals surface area contributed by atoms with Crippen LogP contribution in [0.25, 0.3) is 0 Å². The zero-order valence-corrected chi connectivity index (χ0v) is 8.38. The standard InChI is InChI=1S/C10H20N2O/c1-2-8(6-10(11)13)9-4-3-5-12-7-9/h8-9,12H,2-7H2,1H3,(H2,11,13). The van der Waals surface area contributed by atoms with E-state index in [2.05, 4.69) is 12.2 Å². The zero-order chi connectivity index (χ0) is 9.68. The first kappa shape index (κ1) is 10.5. The number of nitrogens with two attached hydrogens (primary N) is 1. The molecule has 2 unspecified atom stereocenters. The van der Waals surface area contributed by atoms with Crippen molar-refractivity contribution in [3.8, 4) is 0 Å². The van der Waals surface area contributed by atoms with Gasteiger partial charge in [-0.15, -0.1) is 0 Å². The highest BCUT2D eigenvalue weighted by Gasteiger charge is 2.23. The normalized spacial score (nSPS) is 25.5. The fourth-order valence-corrected chi connectivity index (χ4v) is 2.18. The molecule has 0 bridgehead atoms. The summed E-state index contributed by atoms with van der Waals surface area (Å²) < 4.78 is 0. The quantitative estimate of drug-likeness (QED) is 0.681. The van der Waals surface area contributed by atoms with Crippen LogP contribution in [-0.2, 0) is 4.79 Å². The summed E-state index contributed by atoms with van der Waals surface area (Å²) in [5.74, 6) is 0.994. The minimum absolute atomic E-state index is 0.155. The molecule has 1 aliphatic rings. The summed E-state index contributed by atoms with van der Waals surface area (Å²) in [4.78, 5) is 10.8. The largest absolute Gasteiger partial charge is 0.370 e. The Morgan fingerprint density at radius 3 is 2.92 bits per heavy atom. The Hall–Kier alpha value is -0.570. The molecule has 76 valence electrons. The molecule has 0 aromatic heterocycles. The molecule has 13 heavy (non-hydrogen) atoms. The van der Waals surface area contributed by atoms with Crippen LogP contribution in [0.1, 0.15) is 32.6 Å². The number of primary amides is 1. The summed E-state index contributed by atoms with van der Waals surface area (Å²) in [7, 11) is 0. The maximum atomic E-state index is 10.8. The van der Waals surface area contributed by atoms with Crippen LogP contribution < -0.4 is 11.1 Å². The van der Waals surface area contributed by atoms with Crippen molar-refractivity contribution in [2.45, 2.75) is 32.6 Å². The van der Waals surface area contributed by atoms with Crippen molar-refractivity contribution in [2.24, 2.45) is 17.6 Å². The average molecular weight is 184 g/mol. The third-order valence-corrected chi connectivity index (χ3v) is 2.99. The van der Waals surface area contributed by atoms with Crippen molar-refractivity contribution in [2.75, 3.05) is 13.1 Å². The molecule has 1 amide bonds. The first-order valence-electron chi connectivity index (χ1n) is 5.23. The van der Waals surface area contributed by atoms with Gasteiger partial charge in [-0.25, -0.2) is 0 Å². The second kappa shape index (κ2) is 5.22. The van der Waals surface area contributed by atoms with Crippen LogP contribution in [0, 0.1) is 11.8 Å². The minimum Gasteiger partial charge on any atom is -0.370 e. The lowest BCUT2D eigenvalue weighted by atomic mass is 9.82. The summed E-state index contributed by atoms with van der Waals surface area (Å²) in [6, 6.07) is 0. The van der Waals surface area contributed by atoms with Gasteiger partial charge in [-0.2, -0.15) is 0 Å². The van der Waals surface area contributed by atoms with Gasteiger partial charge >= 0.3 is 0 Å². The molecular formula is C10H20N2O. The van der Waals surface area contributed by atoms with E-state index >= 15 is 0 Å². The van der Waals surface area contributed by atoms with Gasteiger partial charge in [0.1, 0.15) is 0 Å². The second-order valence-corrected chi connectivity index (χ2v) is 3.95. The molecule has 3 nitrogen and oxygen atoms in total. The Labute approximate surface area is 80.1 Å².